The number of halogens is 1. The smallest absolute Gasteiger partial charge is 0.310 e. The maximum atomic E-state index is 11.0. The number of aliphatic carboxylic acids is 1. The van der Waals surface area contributed by atoms with Gasteiger partial charge in [-0.2, -0.15) is 0 Å². The number of carboxylic acids is 1. The van der Waals surface area contributed by atoms with Crippen LogP contribution in [0.25, 0.3) is 0 Å². The summed E-state index contributed by atoms with van der Waals surface area (Å²) in [5.74, 6) is -0.386. The van der Waals surface area contributed by atoms with Gasteiger partial charge < -0.3 is 10.8 Å². The zero-order valence-corrected chi connectivity index (χ0v) is 9.74. The van der Waals surface area contributed by atoms with Crippen LogP contribution in [0, 0.1) is 5.41 Å². The van der Waals surface area contributed by atoms with Gasteiger partial charge in [0.05, 0.1) is 5.41 Å². The number of rotatable bonds is 3. The topological polar surface area (TPSA) is 63.3 Å². The van der Waals surface area contributed by atoms with E-state index in [2.05, 4.69) is 0 Å². The van der Waals surface area contributed by atoms with E-state index in [0.717, 1.165) is 0 Å². The summed E-state index contributed by atoms with van der Waals surface area (Å²) in [5, 5.41) is 9.07. The standard InChI is InChI=1S/C12H15NO2.ClH/c13-8-12(11(14)15)6-10(7-12)9-4-2-1-3-5-9;/h1-5,10H,6-8,13H2,(H,14,15);1H. The van der Waals surface area contributed by atoms with Crippen molar-refractivity contribution in [3.8, 4) is 0 Å². The molecule has 0 atom stereocenters. The lowest BCUT2D eigenvalue weighted by molar-refractivity contribution is -0.154. The Kier molecular flexibility index (Phi) is 3.94. The van der Waals surface area contributed by atoms with Crippen LogP contribution in [0.15, 0.2) is 30.3 Å². The Balaban J connectivity index is 0.00000128. The van der Waals surface area contributed by atoms with Crippen molar-refractivity contribution in [3.05, 3.63) is 35.9 Å². The van der Waals surface area contributed by atoms with E-state index < -0.39 is 11.4 Å². The monoisotopic (exact) mass is 241 g/mol. The van der Waals surface area contributed by atoms with Crippen LogP contribution < -0.4 is 5.73 Å². The summed E-state index contributed by atoms with van der Waals surface area (Å²) in [4.78, 5) is 11.0. The largest absolute Gasteiger partial charge is 0.481 e. The van der Waals surface area contributed by atoms with Gasteiger partial charge in [0.1, 0.15) is 0 Å². The molecule has 88 valence electrons. The summed E-state index contributed by atoms with van der Waals surface area (Å²) < 4.78 is 0. The van der Waals surface area contributed by atoms with E-state index in [4.69, 9.17) is 10.8 Å². The van der Waals surface area contributed by atoms with Gasteiger partial charge in [-0.1, -0.05) is 30.3 Å². The van der Waals surface area contributed by atoms with Crippen LogP contribution in [-0.2, 0) is 4.79 Å². The normalized spacial score (nSPS) is 27.7. The van der Waals surface area contributed by atoms with E-state index in [9.17, 15) is 4.79 Å². The van der Waals surface area contributed by atoms with E-state index in [1.807, 2.05) is 30.3 Å². The Hall–Kier alpha value is -1.06. The minimum atomic E-state index is -0.753. The third kappa shape index (κ3) is 2.06. The quantitative estimate of drug-likeness (QED) is 0.851. The first-order valence-electron chi connectivity index (χ1n) is 5.16. The van der Waals surface area contributed by atoms with E-state index >= 15 is 0 Å². The van der Waals surface area contributed by atoms with Gasteiger partial charge in [0.2, 0.25) is 0 Å². The van der Waals surface area contributed by atoms with Crippen LogP contribution in [-0.4, -0.2) is 17.6 Å². The highest BCUT2D eigenvalue weighted by Gasteiger charge is 2.49. The summed E-state index contributed by atoms with van der Waals surface area (Å²) in [6.07, 6.45) is 1.34. The summed E-state index contributed by atoms with van der Waals surface area (Å²) in [6, 6.07) is 10.0. The first kappa shape index (κ1) is 13.0. The minimum absolute atomic E-state index is 0. The number of carboxylic acid groups (broad SMARTS) is 1. The van der Waals surface area contributed by atoms with Crippen LogP contribution in [0.4, 0.5) is 0 Å². The predicted molar refractivity (Wildman–Crippen MR) is 64.8 cm³/mol. The average Bonchev–Trinajstić information content (AvgIpc) is 2.18. The zero-order valence-electron chi connectivity index (χ0n) is 8.93. The molecule has 0 aliphatic heterocycles. The van der Waals surface area contributed by atoms with Crippen LogP contribution in [0.3, 0.4) is 0 Å². The van der Waals surface area contributed by atoms with Crippen molar-refractivity contribution in [2.45, 2.75) is 18.8 Å². The SMILES string of the molecule is Cl.NCC1(C(=O)O)CC(c2ccccc2)C1. The third-order valence-electron chi connectivity index (χ3n) is 3.39. The molecular weight excluding hydrogens is 226 g/mol. The fourth-order valence-corrected chi connectivity index (χ4v) is 2.27. The molecule has 0 spiro atoms. The third-order valence-corrected chi connectivity index (χ3v) is 3.39. The molecule has 3 N–H and O–H groups in total. The van der Waals surface area contributed by atoms with Crippen LogP contribution >= 0.6 is 12.4 Å². The van der Waals surface area contributed by atoms with Crippen LogP contribution in [0.2, 0.25) is 0 Å². The van der Waals surface area contributed by atoms with Crippen molar-refractivity contribution in [2.24, 2.45) is 11.1 Å². The number of hydrogen-bond donors (Lipinski definition) is 2. The molecule has 0 amide bonds. The fourth-order valence-electron chi connectivity index (χ4n) is 2.27. The lowest BCUT2D eigenvalue weighted by atomic mass is 9.60. The lowest BCUT2D eigenvalue weighted by Crippen LogP contribution is -2.48. The van der Waals surface area contributed by atoms with E-state index in [1.54, 1.807) is 0 Å². The van der Waals surface area contributed by atoms with E-state index in [-0.39, 0.29) is 19.0 Å². The molecule has 0 bridgehead atoms. The number of carbonyl (C=O) groups is 1. The van der Waals surface area contributed by atoms with E-state index in [1.165, 1.54) is 5.56 Å². The van der Waals surface area contributed by atoms with Crippen LogP contribution in [0.1, 0.15) is 24.3 Å². The second-order valence-electron chi connectivity index (χ2n) is 4.31. The van der Waals surface area contributed by atoms with Gasteiger partial charge in [-0.3, -0.25) is 4.79 Å². The molecular formula is C12H16ClNO2. The molecule has 1 aliphatic rings. The Morgan fingerprint density at radius 1 is 1.38 bits per heavy atom. The molecule has 1 fully saturated rings. The van der Waals surface area contributed by atoms with Gasteiger partial charge in [0.15, 0.2) is 0 Å². The van der Waals surface area contributed by atoms with Crippen molar-refractivity contribution in [1.29, 1.82) is 0 Å². The first-order valence-corrected chi connectivity index (χ1v) is 5.16. The van der Waals surface area contributed by atoms with Gasteiger partial charge in [0.25, 0.3) is 0 Å². The van der Waals surface area contributed by atoms with Gasteiger partial charge >= 0.3 is 5.97 Å². The molecule has 1 aliphatic carbocycles. The number of nitrogens with two attached hydrogens (primary N) is 1. The van der Waals surface area contributed by atoms with Crippen LogP contribution in [0.5, 0.6) is 0 Å². The van der Waals surface area contributed by atoms with Crippen molar-refractivity contribution in [2.75, 3.05) is 6.54 Å². The summed E-state index contributed by atoms with van der Waals surface area (Å²) in [5.41, 5.74) is 6.09. The average molecular weight is 242 g/mol. The Morgan fingerprint density at radius 2 is 1.94 bits per heavy atom. The molecule has 1 aromatic rings. The maximum Gasteiger partial charge on any atom is 0.310 e. The summed E-state index contributed by atoms with van der Waals surface area (Å²) in [7, 11) is 0. The van der Waals surface area contributed by atoms with Crippen molar-refractivity contribution < 1.29 is 9.90 Å². The lowest BCUT2D eigenvalue weighted by Gasteiger charge is -2.43. The molecule has 4 heteroatoms. The fraction of sp³-hybridized carbons (Fsp3) is 0.417. The highest BCUT2D eigenvalue weighted by Crippen LogP contribution is 2.50. The molecule has 2 rings (SSSR count). The van der Waals surface area contributed by atoms with Crippen molar-refractivity contribution >= 4 is 18.4 Å². The summed E-state index contributed by atoms with van der Waals surface area (Å²) >= 11 is 0. The number of benzene rings is 1. The summed E-state index contributed by atoms with van der Waals surface area (Å²) in [6.45, 7) is 0.242. The predicted octanol–water partition coefficient (Wildman–Crippen LogP) is 2.02. The molecule has 0 saturated heterocycles. The molecule has 0 unspecified atom stereocenters. The highest BCUT2D eigenvalue weighted by atomic mass is 35.5. The van der Waals surface area contributed by atoms with Gasteiger partial charge in [-0.15, -0.1) is 12.4 Å². The van der Waals surface area contributed by atoms with Gasteiger partial charge in [-0.25, -0.2) is 0 Å². The zero-order chi connectivity index (χ0) is 10.9. The molecule has 0 aromatic heterocycles. The molecule has 0 radical (unpaired) electrons. The van der Waals surface area contributed by atoms with Gasteiger partial charge in [0, 0.05) is 6.54 Å². The van der Waals surface area contributed by atoms with E-state index in [0.29, 0.717) is 18.8 Å². The molecule has 1 saturated carbocycles. The molecule has 3 nitrogen and oxygen atoms in total. The second kappa shape index (κ2) is 4.85. The Labute approximate surface area is 101 Å². The molecule has 16 heavy (non-hydrogen) atoms. The molecule has 1 aromatic carbocycles. The highest BCUT2D eigenvalue weighted by molar-refractivity contribution is 5.85. The van der Waals surface area contributed by atoms with Crippen molar-refractivity contribution in [1.82, 2.24) is 0 Å². The Morgan fingerprint density at radius 3 is 2.38 bits per heavy atom. The van der Waals surface area contributed by atoms with Gasteiger partial charge in [-0.05, 0) is 24.3 Å². The number of hydrogen-bond acceptors (Lipinski definition) is 2. The first-order chi connectivity index (χ1) is 7.18. The minimum Gasteiger partial charge on any atom is -0.481 e. The Bertz CT molecular complexity index is 361. The van der Waals surface area contributed by atoms with Crippen molar-refractivity contribution in [3.63, 3.8) is 0 Å². The second-order valence-corrected chi connectivity index (χ2v) is 4.31. The molecule has 0 heterocycles. The maximum absolute atomic E-state index is 11.0.